The van der Waals surface area contributed by atoms with Crippen LogP contribution in [0.4, 0.5) is 9.18 Å². The summed E-state index contributed by atoms with van der Waals surface area (Å²) in [5.41, 5.74) is -0.569. The highest BCUT2D eigenvalue weighted by Gasteiger charge is 2.25. The number of hydrogen-bond acceptors (Lipinski definition) is 3. The van der Waals surface area contributed by atoms with Crippen LogP contribution in [-0.2, 0) is 12.6 Å². The van der Waals surface area contributed by atoms with Gasteiger partial charge in [-0.3, -0.25) is 9.07 Å². The molecule has 1 unspecified atom stereocenters. The van der Waals surface area contributed by atoms with E-state index in [1.165, 1.54) is 0 Å². The number of halogens is 1. The summed E-state index contributed by atoms with van der Waals surface area (Å²) >= 11 is 0. The zero-order valence-corrected chi connectivity index (χ0v) is 10.6. The fraction of sp³-hybridized carbons (Fsp3) is 0.636. The molecule has 1 rings (SSSR count). The molecule has 2 amide bonds. The minimum Gasteiger partial charge on any atom is -0.383 e. The van der Waals surface area contributed by atoms with E-state index in [2.05, 4.69) is 15.7 Å². The number of carbonyl (C=O) groups excluding carboxylic acids is 1. The van der Waals surface area contributed by atoms with Gasteiger partial charge in [-0.05, 0) is 13.3 Å². The number of nitrogens with one attached hydrogen (secondary N) is 2. The van der Waals surface area contributed by atoms with Gasteiger partial charge in [0.1, 0.15) is 5.60 Å². The SMILES string of the molecule is Cn1cc(C(C)(O)CNC(=O)NCCCF)cn1. The van der Waals surface area contributed by atoms with E-state index in [0.717, 1.165) is 0 Å². The zero-order valence-electron chi connectivity index (χ0n) is 10.6. The lowest BCUT2D eigenvalue weighted by atomic mass is 10.00. The lowest BCUT2D eigenvalue weighted by Crippen LogP contribution is -2.43. The van der Waals surface area contributed by atoms with Crippen LogP contribution in [-0.4, -0.2) is 40.7 Å². The Kier molecular flexibility index (Phi) is 5.08. The molecule has 18 heavy (non-hydrogen) atoms. The van der Waals surface area contributed by atoms with Gasteiger partial charge < -0.3 is 15.7 Å². The maximum atomic E-state index is 11.8. The van der Waals surface area contributed by atoms with Gasteiger partial charge in [0.15, 0.2) is 0 Å². The molecule has 0 radical (unpaired) electrons. The van der Waals surface area contributed by atoms with Gasteiger partial charge in [0.05, 0.1) is 19.4 Å². The van der Waals surface area contributed by atoms with Crippen molar-refractivity contribution in [1.29, 1.82) is 0 Å². The van der Waals surface area contributed by atoms with Crippen molar-refractivity contribution in [3.05, 3.63) is 18.0 Å². The first-order valence-electron chi connectivity index (χ1n) is 5.75. The summed E-state index contributed by atoms with van der Waals surface area (Å²) < 4.78 is 13.4. The third kappa shape index (κ3) is 4.33. The molecule has 1 atom stereocenters. The summed E-state index contributed by atoms with van der Waals surface area (Å²) in [7, 11) is 1.75. The predicted octanol–water partition coefficient (Wildman–Crippen LogP) is 0.286. The molecule has 0 saturated carbocycles. The molecular formula is C11H19FN4O2. The molecule has 7 heteroatoms. The van der Waals surface area contributed by atoms with Gasteiger partial charge in [-0.25, -0.2) is 4.79 Å². The van der Waals surface area contributed by atoms with Crippen molar-refractivity contribution < 1.29 is 14.3 Å². The van der Waals surface area contributed by atoms with Crippen LogP contribution in [0.25, 0.3) is 0 Å². The van der Waals surface area contributed by atoms with E-state index in [1.54, 1.807) is 31.0 Å². The minimum atomic E-state index is -1.19. The largest absolute Gasteiger partial charge is 0.383 e. The number of aryl methyl sites for hydroxylation is 1. The summed E-state index contributed by atoms with van der Waals surface area (Å²) in [5.74, 6) is 0. The highest BCUT2D eigenvalue weighted by Crippen LogP contribution is 2.18. The highest BCUT2D eigenvalue weighted by molar-refractivity contribution is 5.73. The van der Waals surface area contributed by atoms with Crippen molar-refractivity contribution in [3.63, 3.8) is 0 Å². The van der Waals surface area contributed by atoms with Gasteiger partial charge in [0.2, 0.25) is 0 Å². The zero-order chi connectivity index (χ0) is 13.6. The number of carbonyl (C=O) groups is 1. The standard InChI is InChI=1S/C11H19FN4O2/c1-11(18,9-6-15-16(2)7-9)8-14-10(17)13-5-3-4-12/h6-7,18H,3-5,8H2,1-2H3,(H2,13,14,17). The van der Waals surface area contributed by atoms with Gasteiger partial charge >= 0.3 is 6.03 Å². The first-order chi connectivity index (χ1) is 8.45. The van der Waals surface area contributed by atoms with Crippen molar-refractivity contribution in [2.75, 3.05) is 19.8 Å². The number of hydrogen-bond donors (Lipinski definition) is 3. The molecule has 1 heterocycles. The van der Waals surface area contributed by atoms with Crippen LogP contribution in [0.5, 0.6) is 0 Å². The molecule has 102 valence electrons. The van der Waals surface area contributed by atoms with E-state index in [4.69, 9.17) is 0 Å². The molecule has 0 aliphatic carbocycles. The van der Waals surface area contributed by atoms with Crippen LogP contribution in [0.2, 0.25) is 0 Å². The number of amides is 2. The van der Waals surface area contributed by atoms with Crippen molar-refractivity contribution >= 4 is 6.03 Å². The summed E-state index contributed by atoms with van der Waals surface area (Å²) in [6.45, 7) is 1.46. The second-order valence-electron chi connectivity index (χ2n) is 4.33. The minimum absolute atomic E-state index is 0.0557. The predicted molar refractivity (Wildman–Crippen MR) is 64.8 cm³/mol. The number of alkyl halides is 1. The van der Waals surface area contributed by atoms with Gasteiger partial charge in [0.25, 0.3) is 0 Å². The summed E-state index contributed by atoms with van der Waals surface area (Å²) in [4.78, 5) is 11.3. The fourth-order valence-corrected chi connectivity index (χ4v) is 1.39. The Morgan fingerprint density at radius 3 is 2.89 bits per heavy atom. The van der Waals surface area contributed by atoms with Crippen LogP contribution in [0.3, 0.4) is 0 Å². The fourth-order valence-electron chi connectivity index (χ4n) is 1.39. The monoisotopic (exact) mass is 258 g/mol. The lowest BCUT2D eigenvalue weighted by Gasteiger charge is -2.22. The van der Waals surface area contributed by atoms with Crippen LogP contribution < -0.4 is 10.6 Å². The van der Waals surface area contributed by atoms with Crippen LogP contribution in [0.15, 0.2) is 12.4 Å². The molecule has 1 aromatic heterocycles. The number of aliphatic hydroxyl groups is 1. The van der Waals surface area contributed by atoms with Gasteiger partial charge in [-0.15, -0.1) is 0 Å². The van der Waals surface area contributed by atoms with Crippen LogP contribution in [0.1, 0.15) is 18.9 Å². The average molecular weight is 258 g/mol. The third-order valence-corrected chi connectivity index (χ3v) is 2.52. The maximum Gasteiger partial charge on any atom is 0.314 e. The third-order valence-electron chi connectivity index (χ3n) is 2.52. The highest BCUT2D eigenvalue weighted by atomic mass is 19.1. The molecule has 0 aliphatic rings. The van der Waals surface area contributed by atoms with E-state index in [0.29, 0.717) is 5.56 Å². The van der Waals surface area contributed by atoms with E-state index in [9.17, 15) is 14.3 Å². The van der Waals surface area contributed by atoms with Crippen molar-refractivity contribution in [2.24, 2.45) is 7.05 Å². The quantitative estimate of drug-likeness (QED) is 0.641. The first kappa shape index (κ1) is 14.4. The maximum absolute atomic E-state index is 11.8. The smallest absolute Gasteiger partial charge is 0.314 e. The number of aromatic nitrogens is 2. The van der Waals surface area contributed by atoms with E-state index in [-0.39, 0.29) is 19.5 Å². The van der Waals surface area contributed by atoms with Gasteiger partial charge in [-0.1, -0.05) is 0 Å². The summed E-state index contributed by atoms with van der Waals surface area (Å²) in [6, 6.07) is -0.424. The lowest BCUT2D eigenvalue weighted by molar-refractivity contribution is 0.0593. The van der Waals surface area contributed by atoms with Crippen LogP contribution >= 0.6 is 0 Å². The van der Waals surface area contributed by atoms with E-state index >= 15 is 0 Å². The molecule has 3 N–H and O–H groups in total. The Hall–Kier alpha value is -1.63. The summed E-state index contributed by atoms with van der Waals surface area (Å²) in [5, 5.41) is 19.1. The number of rotatable bonds is 6. The Morgan fingerprint density at radius 1 is 1.61 bits per heavy atom. The average Bonchev–Trinajstić information content (AvgIpc) is 2.75. The molecule has 0 aromatic carbocycles. The molecule has 0 aliphatic heterocycles. The van der Waals surface area contributed by atoms with Crippen molar-refractivity contribution in [2.45, 2.75) is 18.9 Å². The summed E-state index contributed by atoms with van der Waals surface area (Å²) in [6.07, 6.45) is 3.51. The normalized spacial score (nSPS) is 14.0. The molecular weight excluding hydrogens is 239 g/mol. The second kappa shape index (κ2) is 6.34. The molecule has 6 nitrogen and oxygen atoms in total. The number of nitrogens with zero attached hydrogens (tertiary/aromatic N) is 2. The van der Waals surface area contributed by atoms with E-state index < -0.39 is 18.3 Å². The van der Waals surface area contributed by atoms with Crippen molar-refractivity contribution in [1.82, 2.24) is 20.4 Å². The topological polar surface area (TPSA) is 79.2 Å². The second-order valence-corrected chi connectivity index (χ2v) is 4.33. The molecule has 0 spiro atoms. The van der Waals surface area contributed by atoms with Crippen molar-refractivity contribution in [3.8, 4) is 0 Å². The van der Waals surface area contributed by atoms with Crippen LogP contribution in [0, 0.1) is 0 Å². The molecule has 1 aromatic rings. The molecule has 0 fully saturated rings. The van der Waals surface area contributed by atoms with Gasteiger partial charge in [-0.2, -0.15) is 5.10 Å². The Bertz CT molecular complexity index is 392. The van der Waals surface area contributed by atoms with Gasteiger partial charge in [0, 0.05) is 25.4 Å². The Labute approximate surface area is 105 Å². The molecule has 0 bridgehead atoms. The Morgan fingerprint density at radius 2 is 2.33 bits per heavy atom. The van der Waals surface area contributed by atoms with E-state index in [1.807, 2.05) is 0 Å². The first-order valence-corrected chi connectivity index (χ1v) is 5.75. The number of urea groups is 1. The Balaban J connectivity index is 2.39. The molecule has 0 saturated heterocycles.